The summed E-state index contributed by atoms with van der Waals surface area (Å²) in [6.07, 6.45) is 1.66. The van der Waals surface area contributed by atoms with Gasteiger partial charge in [0.25, 0.3) is 0 Å². The summed E-state index contributed by atoms with van der Waals surface area (Å²) in [6, 6.07) is -0.930. The molecule has 3 rings (SSSR count). The zero-order valence-electron chi connectivity index (χ0n) is 17.0. The first-order chi connectivity index (χ1) is 13.5. The largest absolute Gasteiger partial charge is 0.481 e. The number of hydrogen-bond donors (Lipinski definition) is 2. The number of fused-ring (bicyclic) bond motifs is 1. The molecule has 3 fully saturated rings. The fourth-order valence-corrected chi connectivity index (χ4v) is 6.09. The van der Waals surface area contributed by atoms with Gasteiger partial charge in [0.05, 0.1) is 17.9 Å². The van der Waals surface area contributed by atoms with Gasteiger partial charge in [-0.1, -0.05) is 22.0 Å². The molecular formula is C20H29BrN2O6. The molecular weight excluding hydrogens is 444 g/mol. The van der Waals surface area contributed by atoms with Crippen molar-refractivity contribution in [3.63, 3.8) is 0 Å². The van der Waals surface area contributed by atoms with Gasteiger partial charge in [-0.05, 0) is 33.6 Å². The molecule has 3 aliphatic heterocycles. The number of aliphatic hydroxyl groups is 1. The number of rotatable bonds is 7. The standard InChI is InChI=1S/C20H29BrN2O6/c1-5-7-23(19(2,3)4)17(26)15-20-10-11(21)14(29-20)12(18(27)28)13(20)16(25)22(15)8-6-9-24/h5,11-15,24H,1,6-10H2,2-4H3,(H,27,28)/t11?,12-,13+,14-,15-,20+/m0/s1. The molecule has 1 spiro atoms. The number of carbonyl (C=O) groups is 3. The van der Waals surface area contributed by atoms with E-state index in [4.69, 9.17) is 4.74 Å². The van der Waals surface area contributed by atoms with Gasteiger partial charge >= 0.3 is 5.97 Å². The van der Waals surface area contributed by atoms with Crippen LogP contribution in [0.5, 0.6) is 0 Å². The number of ether oxygens (including phenoxy) is 1. The van der Waals surface area contributed by atoms with Crippen LogP contribution >= 0.6 is 15.9 Å². The van der Waals surface area contributed by atoms with E-state index in [9.17, 15) is 24.6 Å². The number of aliphatic carboxylic acids is 1. The number of nitrogens with zero attached hydrogens (tertiary/aromatic N) is 2. The van der Waals surface area contributed by atoms with Crippen LogP contribution in [0.4, 0.5) is 0 Å². The van der Waals surface area contributed by atoms with E-state index in [-0.39, 0.29) is 29.8 Å². The van der Waals surface area contributed by atoms with E-state index in [1.165, 1.54) is 4.90 Å². The van der Waals surface area contributed by atoms with Crippen LogP contribution < -0.4 is 0 Å². The van der Waals surface area contributed by atoms with Crippen molar-refractivity contribution in [1.29, 1.82) is 0 Å². The predicted molar refractivity (Wildman–Crippen MR) is 108 cm³/mol. The molecule has 0 aromatic carbocycles. The number of alkyl halides is 1. The average Bonchev–Trinajstić information content (AvgIpc) is 3.20. The highest BCUT2D eigenvalue weighted by Gasteiger charge is 2.76. The minimum Gasteiger partial charge on any atom is -0.481 e. The molecule has 9 heteroatoms. The van der Waals surface area contributed by atoms with Crippen LogP contribution in [0, 0.1) is 11.8 Å². The fraction of sp³-hybridized carbons (Fsp3) is 0.750. The Morgan fingerprint density at radius 2 is 2.10 bits per heavy atom. The summed E-state index contributed by atoms with van der Waals surface area (Å²) in [6.45, 7) is 9.78. The molecule has 29 heavy (non-hydrogen) atoms. The minimum atomic E-state index is -1.18. The van der Waals surface area contributed by atoms with Crippen LogP contribution in [0.25, 0.3) is 0 Å². The molecule has 6 atom stereocenters. The van der Waals surface area contributed by atoms with Gasteiger partial charge in [-0.25, -0.2) is 0 Å². The smallest absolute Gasteiger partial charge is 0.310 e. The van der Waals surface area contributed by atoms with Gasteiger partial charge in [-0.2, -0.15) is 0 Å². The molecule has 0 aromatic rings. The van der Waals surface area contributed by atoms with Crippen molar-refractivity contribution < 1.29 is 29.3 Å². The molecule has 3 saturated heterocycles. The van der Waals surface area contributed by atoms with E-state index >= 15 is 0 Å². The maximum Gasteiger partial charge on any atom is 0.310 e. The fourth-order valence-electron chi connectivity index (χ4n) is 5.14. The topological polar surface area (TPSA) is 107 Å². The van der Waals surface area contributed by atoms with Gasteiger partial charge in [0.1, 0.15) is 11.6 Å². The first kappa shape index (κ1) is 22.2. The third kappa shape index (κ3) is 3.31. The van der Waals surface area contributed by atoms with Crippen molar-refractivity contribution in [1.82, 2.24) is 9.80 Å². The van der Waals surface area contributed by atoms with Gasteiger partial charge in [-0.3, -0.25) is 14.4 Å². The number of halogens is 1. The number of carboxylic acid groups (broad SMARTS) is 1. The number of likely N-dealkylation sites (tertiary alicyclic amines) is 1. The lowest BCUT2D eigenvalue weighted by Crippen LogP contribution is -2.60. The molecule has 8 nitrogen and oxygen atoms in total. The Morgan fingerprint density at radius 1 is 1.45 bits per heavy atom. The Labute approximate surface area is 179 Å². The second-order valence-corrected chi connectivity index (χ2v) is 10.2. The zero-order chi connectivity index (χ0) is 21.7. The lowest BCUT2D eigenvalue weighted by molar-refractivity contribution is -0.152. The van der Waals surface area contributed by atoms with Crippen molar-refractivity contribution in [2.45, 2.75) is 61.7 Å². The Kier molecular flexibility index (Phi) is 5.88. The van der Waals surface area contributed by atoms with Crippen molar-refractivity contribution in [2.24, 2.45) is 11.8 Å². The summed E-state index contributed by atoms with van der Waals surface area (Å²) in [4.78, 5) is 42.0. The van der Waals surface area contributed by atoms with Crippen molar-refractivity contribution >= 4 is 33.7 Å². The first-order valence-electron chi connectivity index (χ1n) is 9.89. The number of carboxylic acids is 1. The number of hydrogen-bond acceptors (Lipinski definition) is 5. The highest BCUT2D eigenvalue weighted by molar-refractivity contribution is 9.09. The van der Waals surface area contributed by atoms with E-state index in [1.807, 2.05) is 20.8 Å². The summed E-state index contributed by atoms with van der Waals surface area (Å²) in [7, 11) is 0. The van der Waals surface area contributed by atoms with Crippen molar-refractivity contribution in [3.8, 4) is 0 Å². The normalized spacial score (nSPS) is 35.7. The van der Waals surface area contributed by atoms with E-state index in [0.717, 1.165) is 0 Å². The first-order valence-corrected chi connectivity index (χ1v) is 10.8. The summed E-state index contributed by atoms with van der Waals surface area (Å²) < 4.78 is 6.20. The molecule has 0 aromatic heterocycles. The molecule has 3 heterocycles. The van der Waals surface area contributed by atoms with Crippen LogP contribution in [0.15, 0.2) is 12.7 Å². The summed E-state index contributed by atoms with van der Waals surface area (Å²) in [5.41, 5.74) is -1.71. The monoisotopic (exact) mass is 472 g/mol. The number of carbonyl (C=O) groups excluding carboxylic acids is 2. The van der Waals surface area contributed by atoms with Crippen molar-refractivity contribution in [2.75, 3.05) is 19.7 Å². The lowest BCUT2D eigenvalue weighted by Gasteiger charge is -2.42. The van der Waals surface area contributed by atoms with Gasteiger partial charge in [-0.15, -0.1) is 6.58 Å². The number of amides is 2. The average molecular weight is 473 g/mol. The molecule has 0 saturated carbocycles. The van der Waals surface area contributed by atoms with Crippen LogP contribution in [0.2, 0.25) is 0 Å². The summed E-state index contributed by atoms with van der Waals surface area (Å²) in [5, 5.41) is 19.1. The van der Waals surface area contributed by atoms with Crippen LogP contribution in [-0.4, -0.2) is 85.6 Å². The Balaban J connectivity index is 2.09. The molecule has 0 radical (unpaired) electrons. The molecule has 2 N–H and O–H groups in total. The molecule has 162 valence electrons. The number of aliphatic hydroxyl groups excluding tert-OH is 1. The Hall–Kier alpha value is -1.45. The molecule has 0 aliphatic carbocycles. The minimum absolute atomic E-state index is 0.134. The summed E-state index contributed by atoms with van der Waals surface area (Å²) >= 11 is 3.51. The molecule has 1 unspecified atom stereocenters. The SMILES string of the molecule is C=CCN(C(=O)[C@@H]1N(CCCO)C(=O)[C@H]2[C@H](C(=O)O)[C@H]3O[C@@]12CC3Br)C(C)(C)C. The summed E-state index contributed by atoms with van der Waals surface area (Å²) in [5.74, 6) is -3.65. The second-order valence-electron chi connectivity index (χ2n) is 9.02. The van der Waals surface area contributed by atoms with Gasteiger partial charge in [0.2, 0.25) is 11.8 Å². The van der Waals surface area contributed by atoms with Gasteiger partial charge in [0.15, 0.2) is 0 Å². The van der Waals surface area contributed by atoms with Gasteiger partial charge in [0, 0.05) is 30.1 Å². The van der Waals surface area contributed by atoms with E-state index in [2.05, 4.69) is 22.5 Å². The van der Waals surface area contributed by atoms with Crippen LogP contribution in [-0.2, 0) is 19.1 Å². The van der Waals surface area contributed by atoms with E-state index < -0.39 is 41.1 Å². The maximum atomic E-state index is 13.8. The van der Waals surface area contributed by atoms with E-state index in [0.29, 0.717) is 19.4 Å². The Morgan fingerprint density at radius 3 is 2.62 bits per heavy atom. The van der Waals surface area contributed by atoms with Crippen LogP contribution in [0.1, 0.15) is 33.6 Å². The quantitative estimate of drug-likeness (QED) is 0.422. The van der Waals surface area contributed by atoms with Crippen molar-refractivity contribution in [3.05, 3.63) is 12.7 Å². The predicted octanol–water partition coefficient (Wildman–Crippen LogP) is 1.01. The Bertz CT molecular complexity index is 722. The third-order valence-electron chi connectivity index (χ3n) is 6.25. The lowest BCUT2D eigenvalue weighted by atomic mass is 9.70. The third-order valence-corrected chi connectivity index (χ3v) is 7.10. The zero-order valence-corrected chi connectivity index (χ0v) is 18.6. The molecule has 2 bridgehead atoms. The van der Waals surface area contributed by atoms with Crippen LogP contribution in [0.3, 0.4) is 0 Å². The highest BCUT2D eigenvalue weighted by Crippen LogP contribution is 2.60. The maximum absolute atomic E-state index is 13.8. The van der Waals surface area contributed by atoms with E-state index in [1.54, 1.807) is 11.0 Å². The van der Waals surface area contributed by atoms with Gasteiger partial charge < -0.3 is 24.7 Å². The highest BCUT2D eigenvalue weighted by atomic mass is 79.9. The molecule has 2 amide bonds. The molecule has 3 aliphatic rings. The second kappa shape index (κ2) is 7.67.